The molecule has 1 rings (SSSR count). The van der Waals surface area contributed by atoms with E-state index in [9.17, 15) is 8.78 Å². The number of hydrogen-bond acceptors (Lipinski definition) is 2. The fourth-order valence-corrected chi connectivity index (χ4v) is 1.68. The molecule has 2 N–H and O–H groups in total. The Bertz CT molecular complexity index is 396. The van der Waals surface area contributed by atoms with Crippen LogP contribution < -0.4 is 5.32 Å². The van der Waals surface area contributed by atoms with E-state index < -0.39 is 11.6 Å². The van der Waals surface area contributed by atoms with Crippen LogP contribution in [0.25, 0.3) is 0 Å². The van der Waals surface area contributed by atoms with Gasteiger partial charge in [0.05, 0.1) is 4.47 Å². The highest BCUT2D eigenvalue weighted by Crippen LogP contribution is 2.21. The van der Waals surface area contributed by atoms with Crippen LogP contribution in [0.2, 0.25) is 0 Å². The van der Waals surface area contributed by atoms with Gasteiger partial charge in [0.25, 0.3) is 0 Å². The summed E-state index contributed by atoms with van der Waals surface area (Å²) in [5.41, 5.74) is -0.299. The van der Waals surface area contributed by atoms with Gasteiger partial charge in [0.1, 0.15) is 11.6 Å². The fraction of sp³-hybridized carbons (Fsp3) is 0.500. The third-order valence-electron chi connectivity index (χ3n) is 2.47. The van der Waals surface area contributed by atoms with E-state index in [1.165, 1.54) is 12.1 Å². The first-order valence-corrected chi connectivity index (χ1v) is 6.10. The summed E-state index contributed by atoms with van der Waals surface area (Å²) in [5, 5.41) is 12.0. The van der Waals surface area contributed by atoms with E-state index in [4.69, 9.17) is 5.11 Å². The smallest absolute Gasteiger partial charge is 0.144 e. The number of rotatable bonds is 5. The Kier molecular flexibility index (Phi) is 5.04. The van der Waals surface area contributed by atoms with Gasteiger partial charge in [0, 0.05) is 30.7 Å². The van der Waals surface area contributed by atoms with Crippen molar-refractivity contribution in [1.29, 1.82) is 0 Å². The predicted molar refractivity (Wildman–Crippen MR) is 66.6 cm³/mol. The summed E-state index contributed by atoms with van der Waals surface area (Å²) in [6, 6.07) is 2.56. The summed E-state index contributed by atoms with van der Waals surface area (Å²) in [4.78, 5) is 0. The van der Waals surface area contributed by atoms with Crippen LogP contribution in [0.3, 0.4) is 0 Å². The molecule has 96 valence electrons. The van der Waals surface area contributed by atoms with Crippen LogP contribution >= 0.6 is 15.9 Å². The maximum absolute atomic E-state index is 13.6. The zero-order valence-corrected chi connectivity index (χ0v) is 11.4. The van der Waals surface area contributed by atoms with E-state index in [-0.39, 0.29) is 28.6 Å². The molecular weight excluding hydrogens is 292 g/mol. The highest BCUT2D eigenvalue weighted by Gasteiger charge is 2.17. The molecule has 0 radical (unpaired) electrons. The van der Waals surface area contributed by atoms with Gasteiger partial charge in [-0.15, -0.1) is 0 Å². The number of nitrogens with one attached hydrogen (secondary N) is 1. The van der Waals surface area contributed by atoms with Gasteiger partial charge in [-0.05, 0) is 28.1 Å². The first-order chi connectivity index (χ1) is 7.87. The Balaban J connectivity index is 2.67. The minimum Gasteiger partial charge on any atom is -0.396 e. The molecule has 1 aromatic rings. The third kappa shape index (κ3) is 4.01. The number of hydrogen-bond donors (Lipinski definition) is 2. The lowest BCUT2D eigenvalue weighted by molar-refractivity contribution is 0.156. The minimum absolute atomic E-state index is 0.00751. The van der Waals surface area contributed by atoms with Gasteiger partial charge in [-0.3, -0.25) is 0 Å². The van der Waals surface area contributed by atoms with E-state index in [1.807, 2.05) is 13.8 Å². The lowest BCUT2D eigenvalue weighted by atomic mass is 9.95. The van der Waals surface area contributed by atoms with Crippen molar-refractivity contribution in [2.24, 2.45) is 5.41 Å². The zero-order chi connectivity index (χ0) is 13.1. The lowest BCUT2D eigenvalue weighted by Gasteiger charge is -2.22. The molecule has 0 spiro atoms. The molecule has 0 saturated carbocycles. The van der Waals surface area contributed by atoms with Crippen molar-refractivity contribution in [2.75, 3.05) is 13.2 Å². The summed E-state index contributed by atoms with van der Waals surface area (Å²) >= 11 is 3.02. The average Bonchev–Trinajstić information content (AvgIpc) is 2.28. The Labute approximate surface area is 108 Å². The SMILES string of the molecule is CC(C)(CO)CNCc1c(F)ccc(Br)c1F. The Morgan fingerprint density at radius 3 is 2.59 bits per heavy atom. The highest BCUT2D eigenvalue weighted by molar-refractivity contribution is 9.10. The highest BCUT2D eigenvalue weighted by atomic mass is 79.9. The number of benzene rings is 1. The maximum atomic E-state index is 13.6. The molecule has 1 aromatic carbocycles. The van der Waals surface area contributed by atoms with E-state index in [2.05, 4.69) is 21.2 Å². The minimum atomic E-state index is -0.584. The molecule has 0 bridgehead atoms. The summed E-state index contributed by atoms with van der Waals surface area (Å²) in [7, 11) is 0. The zero-order valence-electron chi connectivity index (χ0n) is 9.86. The molecule has 17 heavy (non-hydrogen) atoms. The molecule has 0 aliphatic carbocycles. The summed E-state index contributed by atoms with van der Waals surface area (Å²) < 4.78 is 27.2. The number of aliphatic hydroxyl groups excluding tert-OH is 1. The van der Waals surface area contributed by atoms with Gasteiger partial charge < -0.3 is 10.4 Å². The standard InChI is InChI=1S/C12H16BrF2NO/c1-12(2,7-17)6-16-5-8-10(14)4-3-9(13)11(8)15/h3-4,16-17H,5-7H2,1-2H3. The monoisotopic (exact) mass is 307 g/mol. The summed E-state index contributed by atoms with van der Waals surface area (Å²) in [6.07, 6.45) is 0. The van der Waals surface area contributed by atoms with Gasteiger partial charge in [-0.2, -0.15) is 0 Å². The van der Waals surface area contributed by atoms with E-state index >= 15 is 0 Å². The van der Waals surface area contributed by atoms with Crippen molar-refractivity contribution in [3.63, 3.8) is 0 Å². The van der Waals surface area contributed by atoms with Crippen LogP contribution in [0, 0.1) is 17.0 Å². The predicted octanol–water partition coefficient (Wildman–Crippen LogP) is 2.84. The Morgan fingerprint density at radius 1 is 1.35 bits per heavy atom. The number of aliphatic hydroxyl groups is 1. The second-order valence-corrected chi connectivity index (χ2v) is 5.60. The average molecular weight is 308 g/mol. The largest absolute Gasteiger partial charge is 0.396 e. The van der Waals surface area contributed by atoms with E-state index in [1.54, 1.807) is 0 Å². The molecule has 0 aliphatic heterocycles. The van der Waals surface area contributed by atoms with Crippen molar-refractivity contribution in [3.05, 3.63) is 33.8 Å². The Morgan fingerprint density at radius 2 is 2.00 bits per heavy atom. The molecule has 2 nitrogen and oxygen atoms in total. The van der Waals surface area contributed by atoms with E-state index in [0.29, 0.717) is 6.54 Å². The van der Waals surface area contributed by atoms with Gasteiger partial charge in [0.15, 0.2) is 0 Å². The lowest BCUT2D eigenvalue weighted by Crippen LogP contribution is -2.32. The van der Waals surface area contributed by atoms with Crippen molar-refractivity contribution >= 4 is 15.9 Å². The van der Waals surface area contributed by atoms with Crippen molar-refractivity contribution in [3.8, 4) is 0 Å². The van der Waals surface area contributed by atoms with Crippen LogP contribution in [0.5, 0.6) is 0 Å². The first kappa shape index (κ1) is 14.5. The number of halogens is 3. The van der Waals surface area contributed by atoms with E-state index in [0.717, 1.165) is 0 Å². The van der Waals surface area contributed by atoms with Gasteiger partial charge in [0.2, 0.25) is 0 Å². The molecule has 0 unspecified atom stereocenters. The van der Waals surface area contributed by atoms with Crippen LogP contribution in [0.1, 0.15) is 19.4 Å². The van der Waals surface area contributed by atoms with Gasteiger partial charge >= 0.3 is 0 Å². The molecule has 0 fully saturated rings. The summed E-state index contributed by atoms with van der Waals surface area (Å²) in [6.45, 7) is 4.33. The molecule has 0 amide bonds. The fourth-order valence-electron chi connectivity index (χ4n) is 1.31. The van der Waals surface area contributed by atoms with Crippen LogP contribution in [0.15, 0.2) is 16.6 Å². The second kappa shape index (κ2) is 5.89. The molecular formula is C12H16BrF2NO. The molecule has 5 heteroatoms. The van der Waals surface area contributed by atoms with Crippen molar-refractivity contribution < 1.29 is 13.9 Å². The summed E-state index contributed by atoms with van der Waals surface area (Å²) in [5.74, 6) is -1.15. The molecule has 0 saturated heterocycles. The second-order valence-electron chi connectivity index (χ2n) is 4.75. The normalized spacial score (nSPS) is 11.9. The third-order valence-corrected chi connectivity index (χ3v) is 3.08. The quantitative estimate of drug-likeness (QED) is 0.820. The topological polar surface area (TPSA) is 32.3 Å². The Hall–Kier alpha value is -0.520. The van der Waals surface area contributed by atoms with Gasteiger partial charge in [-0.25, -0.2) is 8.78 Å². The van der Waals surface area contributed by atoms with Crippen molar-refractivity contribution in [2.45, 2.75) is 20.4 Å². The molecule has 0 atom stereocenters. The molecule has 0 aliphatic rings. The van der Waals surface area contributed by atoms with Crippen LogP contribution in [-0.4, -0.2) is 18.3 Å². The molecule has 0 heterocycles. The maximum Gasteiger partial charge on any atom is 0.144 e. The van der Waals surface area contributed by atoms with Gasteiger partial charge in [-0.1, -0.05) is 13.8 Å². The first-order valence-electron chi connectivity index (χ1n) is 5.31. The van der Waals surface area contributed by atoms with Crippen molar-refractivity contribution in [1.82, 2.24) is 5.32 Å². The van der Waals surface area contributed by atoms with Crippen LogP contribution in [0.4, 0.5) is 8.78 Å². The van der Waals surface area contributed by atoms with Crippen LogP contribution in [-0.2, 0) is 6.54 Å². The molecule has 0 aromatic heterocycles.